The molecular weight excluding hydrogens is 254 g/mol. The van der Waals surface area contributed by atoms with Crippen LogP contribution in [0.1, 0.15) is 30.4 Å². The Morgan fingerprint density at radius 3 is 2.50 bits per heavy atom. The molecule has 1 aromatic heterocycles. The average molecular weight is 271 g/mol. The smallest absolute Gasteiger partial charge is 0.408 e. The highest BCUT2D eigenvalue weighted by molar-refractivity contribution is 7.15. The molecule has 1 rings (SSSR count). The molecule has 0 radical (unpaired) electrons. The zero-order chi connectivity index (χ0) is 13.8. The van der Waals surface area contributed by atoms with Crippen LogP contribution in [0.2, 0.25) is 0 Å². The minimum absolute atomic E-state index is 0.0847. The highest BCUT2D eigenvalue weighted by atomic mass is 32.1. The third-order valence-electron chi connectivity index (χ3n) is 1.85. The van der Waals surface area contributed by atoms with E-state index < -0.39 is 11.7 Å². The van der Waals surface area contributed by atoms with Gasteiger partial charge in [0.25, 0.3) is 0 Å². The van der Waals surface area contributed by atoms with Crippen molar-refractivity contribution in [1.29, 1.82) is 0 Å². The first-order chi connectivity index (χ1) is 8.31. The van der Waals surface area contributed by atoms with Gasteiger partial charge in [-0.15, -0.1) is 0 Å². The van der Waals surface area contributed by atoms with Crippen molar-refractivity contribution in [2.24, 2.45) is 0 Å². The molecule has 0 aromatic carbocycles. The number of carbonyl (C=O) groups excluding carboxylic acids is 2. The maximum atomic E-state index is 11.7. The van der Waals surface area contributed by atoms with E-state index in [4.69, 9.17) is 9.47 Å². The quantitative estimate of drug-likeness (QED) is 0.854. The van der Waals surface area contributed by atoms with Crippen LogP contribution in [-0.2, 0) is 4.74 Å². The summed E-state index contributed by atoms with van der Waals surface area (Å²) < 4.78 is 10.0. The van der Waals surface area contributed by atoms with Crippen LogP contribution in [0.5, 0.6) is 5.06 Å². The molecule has 0 unspecified atom stereocenters. The molecule has 6 heteroatoms. The van der Waals surface area contributed by atoms with Gasteiger partial charge in [-0.25, -0.2) is 4.79 Å². The fourth-order valence-electron chi connectivity index (χ4n) is 1.13. The van der Waals surface area contributed by atoms with E-state index in [1.165, 1.54) is 11.3 Å². The number of carbonyl (C=O) groups is 2. The molecule has 100 valence electrons. The van der Waals surface area contributed by atoms with Gasteiger partial charge in [-0.3, -0.25) is 4.79 Å². The molecule has 0 atom stereocenters. The Morgan fingerprint density at radius 1 is 1.33 bits per heavy atom. The fourth-order valence-corrected chi connectivity index (χ4v) is 1.89. The van der Waals surface area contributed by atoms with Crippen LogP contribution < -0.4 is 10.1 Å². The van der Waals surface area contributed by atoms with Crippen LogP contribution >= 0.6 is 11.3 Å². The third-order valence-corrected chi connectivity index (χ3v) is 2.94. The SMILES string of the molecule is COc1ccc(C(=O)CNC(=O)OC(C)(C)C)s1. The lowest BCUT2D eigenvalue weighted by Gasteiger charge is -2.19. The standard InChI is InChI=1S/C12H17NO4S/c1-12(2,3)17-11(15)13-7-8(14)9-5-6-10(16-4)18-9/h5-6H,7H2,1-4H3,(H,13,15). The second-order valence-electron chi connectivity index (χ2n) is 4.60. The second-order valence-corrected chi connectivity index (χ2v) is 5.65. The molecular formula is C12H17NO4S. The van der Waals surface area contributed by atoms with Gasteiger partial charge in [0.05, 0.1) is 18.5 Å². The summed E-state index contributed by atoms with van der Waals surface area (Å²) in [5, 5.41) is 3.08. The van der Waals surface area contributed by atoms with E-state index >= 15 is 0 Å². The van der Waals surface area contributed by atoms with E-state index in [0.717, 1.165) is 0 Å². The molecule has 0 spiro atoms. The summed E-state index contributed by atoms with van der Waals surface area (Å²) >= 11 is 1.24. The normalized spacial score (nSPS) is 10.9. The van der Waals surface area contributed by atoms with Crippen LogP contribution in [-0.4, -0.2) is 31.1 Å². The van der Waals surface area contributed by atoms with Crippen LogP contribution in [0.15, 0.2) is 12.1 Å². The van der Waals surface area contributed by atoms with E-state index in [1.807, 2.05) is 0 Å². The lowest BCUT2D eigenvalue weighted by atomic mass is 10.2. The summed E-state index contributed by atoms with van der Waals surface area (Å²) in [5.41, 5.74) is -0.570. The zero-order valence-corrected chi connectivity index (χ0v) is 11.7. The molecule has 0 saturated carbocycles. The first kappa shape index (κ1) is 14.5. The number of alkyl carbamates (subject to hydrolysis) is 1. The molecule has 0 saturated heterocycles. The van der Waals surface area contributed by atoms with Crippen LogP contribution in [0.4, 0.5) is 4.79 Å². The van der Waals surface area contributed by atoms with Gasteiger partial charge in [0.1, 0.15) is 5.60 Å². The van der Waals surface area contributed by atoms with Gasteiger partial charge < -0.3 is 14.8 Å². The molecule has 1 N–H and O–H groups in total. The number of Topliss-reactive ketones (excluding diaryl/α,β-unsaturated/α-hetero) is 1. The molecule has 0 bridgehead atoms. The van der Waals surface area contributed by atoms with Crippen molar-refractivity contribution in [2.45, 2.75) is 26.4 Å². The van der Waals surface area contributed by atoms with Crippen LogP contribution in [0.25, 0.3) is 0 Å². The van der Waals surface area contributed by atoms with E-state index in [1.54, 1.807) is 40.0 Å². The number of ketones is 1. The van der Waals surface area contributed by atoms with Crippen LogP contribution in [0, 0.1) is 0 Å². The molecule has 0 aliphatic carbocycles. The van der Waals surface area contributed by atoms with Crippen molar-refractivity contribution in [1.82, 2.24) is 5.32 Å². The Balaban J connectivity index is 2.44. The van der Waals surface area contributed by atoms with Crippen LogP contribution in [0.3, 0.4) is 0 Å². The molecule has 5 nitrogen and oxygen atoms in total. The van der Waals surface area contributed by atoms with Crippen molar-refractivity contribution >= 4 is 23.2 Å². The number of methoxy groups -OCH3 is 1. The predicted octanol–water partition coefficient (Wildman–Crippen LogP) is 2.46. The molecule has 1 aromatic rings. The Kier molecular flexibility index (Phi) is 4.72. The highest BCUT2D eigenvalue weighted by Gasteiger charge is 2.17. The Bertz CT molecular complexity index is 434. The number of amides is 1. The largest absolute Gasteiger partial charge is 0.487 e. The van der Waals surface area contributed by atoms with Gasteiger partial charge >= 0.3 is 6.09 Å². The summed E-state index contributed by atoms with van der Waals surface area (Å²) in [6.07, 6.45) is -0.598. The van der Waals surface area contributed by atoms with Crippen molar-refractivity contribution in [2.75, 3.05) is 13.7 Å². The lowest BCUT2D eigenvalue weighted by molar-refractivity contribution is 0.0520. The van der Waals surface area contributed by atoms with Crippen molar-refractivity contribution in [3.63, 3.8) is 0 Å². The van der Waals surface area contributed by atoms with Crippen molar-refractivity contribution in [3.8, 4) is 5.06 Å². The Morgan fingerprint density at radius 2 is 2.00 bits per heavy atom. The van der Waals surface area contributed by atoms with Gasteiger partial charge in [-0.05, 0) is 32.9 Å². The molecule has 0 fully saturated rings. The number of rotatable bonds is 4. The summed E-state index contributed by atoms with van der Waals surface area (Å²) in [7, 11) is 1.54. The van der Waals surface area contributed by atoms with E-state index in [0.29, 0.717) is 9.94 Å². The predicted molar refractivity (Wildman–Crippen MR) is 69.4 cm³/mol. The molecule has 18 heavy (non-hydrogen) atoms. The molecule has 0 aliphatic rings. The number of hydrogen-bond acceptors (Lipinski definition) is 5. The maximum absolute atomic E-state index is 11.7. The first-order valence-electron chi connectivity index (χ1n) is 5.45. The van der Waals surface area contributed by atoms with Gasteiger partial charge in [0.15, 0.2) is 10.8 Å². The summed E-state index contributed by atoms with van der Waals surface area (Å²) in [5.74, 6) is -0.172. The van der Waals surface area contributed by atoms with Gasteiger partial charge in [0, 0.05) is 0 Å². The van der Waals surface area contributed by atoms with E-state index in [-0.39, 0.29) is 12.3 Å². The van der Waals surface area contributed by atoms with E-state index in [9.17, 15) is 9.59 Å². The van der Waals surface area contributed by atoms with Gasteiger partial charge in [-0.2, -0.15) is 0 Å². The monoisotopic (exact) mass is 271 g/mol. The third kappa shape index (κ3) is 4.75. The molecule has 1 amide bonds. The Labute approximate surface area is 110 Å². The Hall–Kier alpha value is -1.56. The topological polar surface area (TPSA) is 64.6 Å². The molecule has 0 aliphatic heterocycles. The zero-order valence-electron chi connectivity index (χ0n) is 10.9. The summed E-state index contributed by atoms with van der Waals surface area (Å²) in [6, 6.07) is 3.38. The number of nitrogens with one attached hydrogen (secondary N) is 1. The second kappa shape index (κ2) is 5.86. The first-order valence-corrected chi connectivity index (χ1v) is 6.27. The number of ether oxygens (including phenoxy) is 2. The number of thiophene rings is 1. The van der Waals surface area contributed by atoms with Crippen molar-refractivity contribution in [3.05, 3.63) is 17.0 Å². The summed E-state index contributed by atoms with van der Waals surface area (Å²) in [4.78, 5) is 23.6. The minimum Gasteiger partial charge on any atom is -0.487 e. The van der Waals surface area contributed by atoms with Crippen molar-refractivity contribution < 1.29 is 19.1 Å². The number of hydrogen-bond donors (Lipinski definition) is 1. The minimum atomic E-state index is -0.598. The average Bonchev–Trinajstić information content (AvgIpc) is 2.72. The fraction of sp³-hybridized carbons (Fsp3) is 0.500. The van der Waals surface area contributed by atoms with Gasteiger partial charge in [0.2, 0.25) is 0 Å². The summed E-state index contributed by atoms with van der Waals surface area (Å²) in [6.45, 7) is 5.20. The lowest BCUT2D eigenvalue weighted by Crippen LogP contribution is -2.35. The van der Waals surface area contributed by atoms with Gasteiger partial charge in [-0.1, -0.05) is 11.3 Å². The highest BCUT2D eigenvalue weighted by Crippen LogP contribution is 2.23. The maximum Gasteiger partial charge on any atom is 0.408 e. The van der Waals surface area contributed by atoms with E-state index in [2.05, 4.69) is 5.32 Å². The molecule has 1 heterocycles.